The molecule has 2 fully saturated rings. The monoisotopic (exact) mass is 289 g/mol. The SMILES string of the molecule is C.COC(=O)C1CCOCC1.NC(=O)C1CCOCC1. The summed E-state index contributed by atoms with van der Waals surface area (Å²) in [5.41, 5.74) is 5.07. The number of esters is 1. The van der Waals surface area contributed by atoms with E-state index in [0.29, 0.717) is 26.4 Å². The molecule has 6 heteroatoms. The molecule has 0 aliphatic carbocycles. The van der Waals surface area contributed by atoms with Crippen molar-refractivity contribution in [2.75, 3.05) is 33.5 Å². The minimum absolute atomic E-state index is 0. The summed E-state index contributed by atoms with van der Waals surface area (Å²) < 4.78 is 14.7. The predicted molar refractivity (Wildman–Crippen MR) is 75.0 cm³/mol. The van der Waals surface area contributed by atoms with Crippen molar-refractivity contribution in [1.82, 2.24) is 0 Å². The number of ether oxygens (including phenoxy) is 3. The Morgan fingerprint density at radius 2 is 1.35 bits per heavy atom. The van der Waals surface area contributed by atoms with Gasteiger partial charge in [-0.05, 0) is 25.7 Å². The Balaban J connectivity index is 0.000000345. The Morgan fingerprint density at radius 1 is 0.950 bits per heavy atom. The van der Waals surface area contributed by atoms with Crippen molar-refractivity contribution in [3.8, 4) is 0 Å². The molecule has 0 unspecified atom stereocenters. The van der Waals surface area contributed by atoms with Crippen LogP contribution < -0.4 is 5.73 Å². The van der Waals surface area contributed by atoms with Gasteiger partial charge in [0.05, 0.1) is 13.0 Å². The van der Waals surface area contributed by atoms with Gasteiger partial charge in [0.2, 0.25) is 5.91 Å². The summed E-state index contributed by atoms with van der Waals surface area (Å²) in [6.45, 7) is 2.76. The van der Waals surface area contributed by atoms with Crippen LogP contribution >= 0.6 is 0 Å². The third-order valence-electron chi connectivity index (χ3n) is 3.38. The van der Waals surface area contributed by atoms with Gasteiger partial charge in [0, 0.05) is 32.3 Å². The van der Waals surface area contributed by atoms with Crippen LogP contribution in [0.3, 0.4) is 0 Å². The van der Waals surface area contributed by atoms with E-state index in [1.54, 1.807) is 0 Å². The summed E-state index contributed by atoms with van der Waals surface area (Å²) in [5.74, 6) is -0.126. The molecule has 0 spiro atoms. The van der Waals surface area contributed by atoms with E-state index in [2.05, 4.69) is 4.74 Å². The maximum absolute atomic E-state index is 10.9. The van der Waals surface area contributed by atoms with Crippen LogP contribution in [0.15, 0.2) is 0 Å². The molecule has 2 aliphatic rings. The molecule has 0 aromatic carbocycles. The van der Waals surface area contributed by atoms with Gasteiger partial charge in [-0.15, -0.1) is 0 Å². The van der Waals surface area contributed by atoms with Crippen LogP contribution in [0.5, 0.6) is 0 Å². The van der Waals surface area contributed by atoms with Crippen molar-refractivity contribution in [1.29, 1.82) is 0 Å². The molecule has 0 atom stereocenters. The van der Waals surface area contributed by atoms with Crippen molar-refractivity contribution in [2.24, 2.45) is 17.6 Å². The molecule has 6 nitrogen and oxygen atoms in total. The number of hydrogen-bond donors (Lipinski definition) is 1. The maximum atomic E-state index is 10.9. The second-order valence-corrected chi connectivity index (χ2v) is 4.70. The van der Waals surface area contributed by atoms with E-state index in [9.17, 15) is 9.59 Å². The Kier molecular flexibility index (Phi) is 10.0. The molecule has 2 aliphatic heterocycles. The molecule has 2 heterocycles. The number of hydrogen-bond acceptors (Lipinski definition) is 5. The lowest BCUT2D eigenvalue weighted by Gasteiger charge is -2.19. The average molecular weight is 289 g/mol. The summed E-state index contributed by atoms with van der Waals surface area (Å²) >= 11 is 0. The number of methoxy groups -OCH3 is 1. The van der Waals surface area contributed by atoms with Gasteiger partial charge in [-0.25, -0.2) is 0 Å². The van der Waals surface area contributed by atoms with Gasteiger partial charge >= 0.3 is 5.97 Å². The molecule has 2 rings (SSSR count). The van der Waals surface area contributed by atoms with Crippen LogP contribution in [0.4, 0.5) is 0 Å². The van der Waals surface area contributed by atoms with Gasteiger partial charge in [-0.1, -0.05) is 7.43 Å². The minimum Gasteiger partial charge on any atom is -0.469 e. The van der Waals surface area contributed by atoms with Gasteiger partial charge in [0.1, 0.15) is 0 Å². The van der Waals surface area contributed by atoms with Crippen molar-refractivity contribution in [2.45, 2.75) is 33.1 Å². The quantitative estimate of drug-likeness (QED) is 0.770. The molecule has 20 heavy (non-hydrogen) atoms. The topological polar surface area (TPSA) is 87.9 Å². The predicted octanol–water partition coefficient (Wildman–Crippen LogP) is 1.12. The normalized spacial score (nSPS) is 20.1. The van der Waals surface area contributed by atoms with E-state index in [1.807, 2.05) is 0 Å². The van der Waals surface area contributed by atoms with E-state index >= 15 is 0 Å². The first-order valence-corrected chi connectivity index (χ1v) is 6.67. The first-order valence-electron chi connectivity index (χ1n) is 6.67. The van der Waals surface area contributed by atoms with Gasteiger partial charge in [-0.2, -0.15) is 0 Å². The smallest absolute Gasteiger partial charge is 0.308 e. The number of primary amides is 1. The summed E-state index contributed by atoms with van der Waals surface area (Å²) in [5, 5.41) is 0. The zero-order valence-electron chi connectivity index (χ0n) is 11.4. The number of carbonyl (C=O) groups excluding carboxylic acids is 2. The molecule has 0 aromatic heterocycles. The van der Waals surface area contributed by atoms with Crippen LogP contribution in [0.2, 0.25) is 0 Å². The third-order valence-corrected chi connectivity index (χ3v) is 3.38. The first-order chi connectivity index (χ1) is 9.15. The zero-order chi connectivity index (χ0) is 14.1. The lowest BCUT2D eigenvalue weighted by atomic mass is 10.0. The Hall–Kier alpha value is -1.14. The van der Waals surface area contributed by atoms with E-state index < -0.39 is 0 Å². The van der Waals surface area contributed by atoms with Crippen LogP contribution in [0.25, 0.3) is 0 Å². The fraction of sp³-hybridized carbons (Fsp3) is 0.857. The van der Waals surface area contributed by atoms with Crippen molar-refractivity contribution < 1.29 is 23.8 Å². The van der Waals surface area contributed by atoms with Crippen LogP contribution in [0.1, 0.15) is 33.1 Å². The largest absolute Gasteiger partial charge is 0.469 e. The van der Waals surface area contributed by atoms with Crippen LogP contribution in [-0.2, 0) is 23.8 Å². The molecule has 0 radical (unpaired) electrons. The highest BCUT2D eigenvalue weighted by molar-refractivity contribution is 5.76. The minimum atomic E-state index is -0.182. The fourth-order valence-corrected chi connectivity index (χ4v) is 2.08. The van der Waals surface area contributed by atoms with Crippen LogP contribution in [-0.4, -0.2) is 45.4 Å². The lowest BCUT2D eigenvalue weighted by molar-refractivity contribution is -0.148. The maximum Gasteiger partial charge on any atom is 0.308 e. The number of carbonyl (C=O) groups is 2. The van der Waals surface area contributed by atoms with Crippen molar-refractivity contribution in [3.05, 3.63) is 0 Å². The number of nitrogens with two attached hydrogens (primary N) is 1. The van der Waals surface area contributed by atoms with E-state index in [4.69, 9.17) is 15.2 Å². The summed E-state index contributed by atoms with van der Waals surface area (Å²) in [6, 6.07) is 0. The van der Waals surface area contributed by atoms with E-state index in [-0.39, 0.29) is 31.1 Å². The van der Waals surface area contributed by atoms with Crippen LogP contribution in [0, 0.1) is 11.8 Å². The molecule has 2 saturated heterocycles. The van der Waals surface area contributed by atoms with Crippen molar-refractivity contribution in [3.63, 3.8) is 0 Å². The van der Waals surface area contributed by atoms with Crippen molar-refractivity contribution >= 4 is 11.9 Å². The van der Waals surface area contributed by atoms with Gasteiger partial charge in [0.25, 0.3) is 0 Å². The third kappa shape index (κ3) is 6.86. The number of rotatable bonds is 2. The highest BCUT2D eigenvalue weighted by Gasteiger charge is 2.21. The Labute approximate surface area is 120 Å². The molecule has 0 bridgehead atoms. The van der Waals surface area contributed by atoms with Gasteiger partial charge < -0.3 is 19.9 Å². The summed E-state index contributed by atoms with van der Waals surface area (Å²) in [4.78, 5) is 21.4. The highest BCUT2D eigenvalue weighted by atomic mass is 16.5. The van der Waals surface area contributed by atoms with Gasteiger partial charge in [-0.3, -0.25) is 9.59 Å². The van der Waals surface area contributed by atoms with E-state index in [1.165, 1.54) is 7.11 Å². The molecule has 0 aromatic rings. The summed E-state index contributed by atoms with van der Waals surface area (Å²) in [7, 11) is 1.43. The van der Waals surface area contributed by atoms with E-state index in [0.717, 1.165) is 25.7 Å². The molecule has 2 N–H and O–H groups in total. The molecule has 118 valence electrons. The zero-order valence-corrected chi connectivity index (χ0v) is 11.4. The molecular weight excluding hydrogens is 262 g/mol. The number of amides is 1. The second-order valence-electron chi connectivity index (χ2n) is 4.70. The second kappa shape index (κ2) is 10.6. The molecule has 1 amide bonds. The Morgan fingerprint density at radius 3 is 1.65 bits per heavy atom. The molecule has 0 saturated carbocycles. The standard InChI is InChI=1S/C7H12O3.C6H11NO2.CH4/c1-9-7(8)6-2-4-10-5-3-6;7-6(8)5-1-3-9-4-2-5;/h6H,2-5H2,1H3;5H,1-4H2,(H2,7,8);1H4. The highest BCUT2D eigenvalue weighted by Crippen LogP contribution is 2.15. The molecular formula is C14H27NO5. The van der Waals surface area contributed by atoms with Gasteiger partial charge in [0.15, 0.2) is 0 Å². The summed E-state index contributed by atoms with van der Waals surface area (Å²) in [6.07, 6.45) is 3.23. The Bertz CT molecular complexity index is 283. The lowest BCUT2D eigenvalue weighted by Crippen LogP contribution is -2.28. The first kappa shape index (κ1) is 18.9. The fourth-order valence-electron chi connectivity index (χ4n) is 2.08. The average Bonchev–Trinajstić information content (AvgIpc) is 2.49.